The molecule has 1 heterocycles. The Labute approximate surface area is 73.0 Å². The number of hydrogen-bond donors (Lipinski definition) is 2. The zero-order valence-electron chi connectivity index (χ0n) is 7.54. The van der Waals surface area contributed by atoms with Gasteiger partial charge in [0.05, 0.1) is 5.69 Å². The van der Waals surface area contributed by atoms with Gasteiger partial charge in [0.15, 0.2) is 0 Å². The molecule has 1 unspecified atom stereocenters. The van der Waals surface area contributed by atoms with Crippen LogP contribution in [0.3, 0.4) is 0 Å². The third-order valence-electron chi connectivity index (χ3n) is 2.15. The van der Waals surface area contributed by atoms with Gasteiger partial charge in [-0.2, -0.15) is 0 Å². The molecule has 0 aliphatic carbocycles. The number of nitrogens with two attached hydrogens (primary N) is 1. The van der Waals surface area contributed by atoms with Gasteiger partial charge in [0.1, 0.15) is 0 Å². The molecule has 1 rings (SSSR count). The molecule has 0 radical (unpaired) electrons. The molecule has 3 nitrogen and oxygen atoms in total. The molecule has 0 aliphatic heterocycles. The van der Waals surface area contributed by atoms with Crippen LogP contribution in [0.2, 0.25) is 0 Å². The molecule has 1 atom stereocenters. The Bertz CT molecular complexity index is 247. The highest BCUT2D eigenvalue weighted by Gasteiger charge is 2.07. The van der Waals surface area contributed by atoms with Crippen LogP contribution in [0.5, 0.6) is 0 Å². The summed E-state index contributed by atoms with van der Waals surface area (Å²) in [7, 11) is 0. The number of nitrogens with one attached hydrogen (secondary N) is 1. The topological polar surface area (TPSA) is 50.9 Å². The van der Waals surface area contributed by atoms with E-state index in [1.54, 1.807) is 6.20 Å². The van der Waals surface area contributed by atoms with E-state index in [-0.39, 0.29) is 0 Å². The summed E-state index contributed by atoms with van der Waals surface area (Å²) in [5.41, 5.74) is 4.83. The van der Waals surface area contributed by atoms with E-state index in [9.17, 15) is 0 Å². The number of nitrogen functional groups attached to an aromatic ring is 1. The lowest BCUT2D eigenvalue weighted by Crippen LogP contribution is -2.10. The van der Waals surface area contributed by atoms with Gasteiger partial charge < -0.3 is 5.43 Å². The first-order chi connectivity index (χ1) is 5.79. The summed E-state index contributed by atoms with van der Waals surface area (Å²) >= 11 is 0. The number of pyridine rings is 1. The minimum absolute atomic E-state index is 0.504. The number of hydrogen-bond acceptors (Lipinski definition) is 3. The fourth-order valence-corrected chi connectivity index (χ4v) is 1.15. The van der Waals surface area contributed by atoms with Gasteiger partial charge in [-0.15, -0.1) is 0 Å². The summed E-state index contributed by atoms with van der Waals surface area (Å²) in [5, 5.41) is 0. The fourth-order valence-electron chi connectivity index (χ4n) is 1.15. The van der Waals surface area contributed by atoms with Crippen molar-refractivity contribution in [3.63, 3.8) is 0 Å². The molecule has 0 fully saturated rings. The van der Waals surface area contributed by atoms with Crippen molar-refractivity contribution in [1.29, 1.82) is 0 Å². The molecule has 1 aromatic heterocycles. The molecule has 0 saturated carbocycles. The minimum Gasteiger partial charge on any atom is -0.324 e. The highest BCUT2D eigenvalue weighted by molar-refractivity contribution is 5.49. The second-order valence-electron chi connectivity index (χ2n) is 2.92. The summed E-state index contributed by atoms with van der Waals surface area (Å²) in [6.07, 6.45) is 4.70. The predicted octanol–water partition coefficient (Wildman–Crippen LogP) is 1.88. The van der Waals surface area contributed by atoms with Crippen LogP contribution in [0.4, 0.5) is 5.69 Å². The lowest BCUT2D eigenvalue weighted by molar-refractivity contribution is 0.731. The molecule has 1 aromatic rings. The summed E-state index contributed by atoms with van der Waals surface area (Å²) in [5.74, 6) is 5.87. The van der Waals surface area contributed by atoms with Gasteiger partial charge in [0, 0.05) is 12.4 Å². The van der Waals surface area contributed by atoms with E-state index in [0.29, 0.717) is 5.92 Å². The van der Waals surface area contributed by atoms with Crippen molar-refractivity contribution in [3.05, 3.63) is 24.0 Å². The smallest absolute Gasteiger partial charge is 0.0550 e. The summed E-state index contributed by atoms with van der Waals surface area (Å²) in [6, 6.07) is 1.89. The van der Waals surface area contributed by atoms with E-state index >= 15 is 0 Å². The van der Waals surface area contributed by atoms with Gasteiger partial charge in [-0.3, -0.25) is 10.8 Å². The molecule has 0 bridgehead atoms. The average molecular weight is 165 g/mol. The summed E-state index contributed by atoms with van der Waals surface area (Å²) < 4.78 is 0. The lowest BCUT2D eigenvalue weighted by Gasteiger charge is -2.12. The van der Waals surface area contributed by atoms with E-state index in [0.717, 1.165) is 12.1 Å². The Kier molecular flexibility index (Phi) is 3.05. The second kappa shape index (κ2) is 4.07. The Morgan fingerprint density at radius 2 is 2.42 bits per heavy atom. The molecular weight excluding hydrogens is 150 g/mol. The van der Waals surface area contributed by atoms with Gasteiger partial charge in [-0.25, -0.2) is 0 Å². The monoisotopic (exact) mass is 165 g/mol. The molecule has 0 amide bonds. The number of nitrogens with zero attached hydrogens (tertiary/aromatic N) is 1. The van der Waals surface area contributed by atoms with Crippen LogP contribution in [-0.2, 0) is 0 Å². The van der Waals surface area contributed by atoms with Crippen LogP contribution in [0.15, 0.2) is 18.5 Å². The maximum absolute atomic E-state index is 5.37. The number of aromatic nitrogens is 1. The van der Waals surface area contributed by atoms with Crippen LogP contribution in [0.1, 0.15) is 31.7 Å². The minimum atomic E-state index is 0.504. The van der Waals surface area contributed by atoms with Crippen molar-refractivity contribution in [1.82, 2.24) is 4.98 Å². The molecule has 0 saturated heterocycles. The highest BCUT2D eigenvalue weighted by atomic mass is 15.2. The van der Waals surface area contributed by atoms with E-state index in [1.165, 1.54) is 5.56 Å². The van der Waals surface area contributed by atoms with Crippen LogP contribution in [-0.4, -0.2) is 4.98 Å². The Morgan fingerprint density at radius 3 is 3.00 bits per heavy atom. The van der Waals surface area contributed by atoms with Gasteiger partial charge in [0.2, 0.25) is 0 Å². The third kappa shape index (κ3) is 1.74. The van der Waals surface area contributed by atoms with Crippen molar-refractivity contribution in [3.8, 4) is 0 Å². The fraction of sp³-hybridized carbons (Fsp3) is 0.444. The molecule has 0 spiro atoms. The zero-order chi connectivity index (χ0) is 8.97. The number of hydrazine groups is 1. The molecule has 3 heteroatoms. The van der Waals surface area contributed by atoms with Crippen LogP contribution >= 0.6 is 0 Å². The highest BCUT2D eigenvalue weighted by Crippen LogP contribution is 2.24. The molecule has 3 N–H and O–H groups in total. The quantitative estimate of drug-likeness (QED) is 0.531. The molecule has 0 aromatic carbocycles. The van der Waals surface area contributed by atoms with Crippen LogP contribution < -0.4 is 11.3 Å². The Morgan fingerprint density at radius 1 is 1.67 bits per heavy atom. The average Bonchev–Trinajstić information content (AvgIpc) is 2.16. The van der Waals surface area contributed by atoms with Crippen LogP contribution in [0.25, 0.3) is 0 Å². The zero-order valence-corrected chi connectivity index (χ0v) is 7.54. The van der Waals surface area contributed by atoms with Crippen molar-refractivity contribution in [2.45, 2.75) is 26.2 Å². The van der Waals surface area contributed by atoms with Gasteiger partial charge in [0.25, 0.3) is 0 Å². The standard InChI is InChI=1S/C9H15N3/c1-3-7(2)8-6-11-5-4-9(8)12-10/h4-7H,3,10H2,1-2H3,(H,11,12). The molecule has 12 heavy (non-hydrogen) atoms. The van der Waals surface area contributed by atoms with E-state index < -0.39 is 0 Å². The summed E-state index contributed by atoms with van der Waals surface area (Å²) in [6.45, 7) is 4.32. The summed E-state index contributed by atoms with van der Waals surface area (Å²) in [4.78, 5) is 4.07. The van der Waals surface area contributed by atoms with Gasteiger partial charge in [-0.1, -0.05) is 13.8 Å². The van der Waals surface area contributed by atoms with E-state index in [2.05, 4.69) is 24.3 Å². The van der Waals surface area contributed by atoms with E-state index in [4.69, 9.17) is 5.84 Å². The van der Waals surface area contributed by atoms with Crippen molar-refractivity contribution < 1.29 is 0 Å². The van der Waals surface area contributed by atoms with Gasteiger partial charge >= 0.3 is 0 Å². The SMILES string of the molecule is CCC(C)c1cnccc1NN. The first kappa shape index (κ1) is 9.00. The van der Waals surface area contributed by atoms with E-state index in [1.807, 2.05) is 12.3 Å². The van der Waals surface area contributed by atoms with Crippen molar-refractivity contribution in [2.75, 3.05) is 5.43 Å². The lowest BCUT2D eigenvalue weighted by atomic mass is 9.99. The van der Waals surface area contributed by atoms with Crippen LogP contribution in [0, 0.1) is 0 Å². The largest absolute Gasteiger partial charge is 0.324 e. The second-order valence-corrected chi connectivity index (χ2v) is 2.92. The van der Waals surface area contributed by atoms with Crippen molar-refractivity contribution in [2.24, 2.45) is 5.84 Å². The first-order valence-electron chi connectivity index (χ1n) is 4.20. The maximum atomic E-state index is 5.37. The molecule has 0 aliphatic rings. The maximum Gasteiger partial charge on any atom is 0.0550 e. The third-order valence-corrected chi connectivity index (χ3v) is 2.15. The molecule has 66 valence electrons. The number of rotatable bonds is 3. The predicted molar refractivity (Wildman–Crippen MR) is 50.8 cm³/mol. The number of anilines is 1. The van der Waals surface area contributed by atoms with Crippen molar-refractivity contribution >= 4 is 5.69 Å². The Balaban J connectivity index is 2.96. The normalized spacial score (nSPS) is 12.6. The molecular formula is C9H15N3. The van der Waals surface area contributed by atoms with Gasteiger partial charge in [-0.05, 0) is 24.0 Å². The first-order valence-corrected chi connectivity index (χ1v) is 4.20. The Hall–Kier alpha value is -1.09.